The molecule has 0 nitrogen and oxygen atoms in total. The van der Waals surface area contributed by atoms with E-state index in [1.165, 1.54) is 36.0 Å². The molecule has 0 aromatic heterocycles. The minimum absolute atomic E-state index is 0.944. The zero-order valence-electron chi connectivity index (χ0n) is 21.5. The standard InChI is InChI=1S/C9H12.C4H8.C4H10.C3H8.C2H6S.2C2H6/c1-3-9-6-4-8(2)5-7-9;1-4(2)3;1-3-4-2;1-3-2;1-2-3;2*1-2/h4-7H,3H2,1-2H3;1H2,2-3H3;3-4H2,1-2H3;3H2,1-2H3;3H,2H2,1H3;2*1-2H3. The van der Waals surface area contributed by atoms with Crippen molar-refractivity contribution < 1.29 is 0 Å². The van der Waals surface area contributed by atoms with Crippen molar-refractivity contribution in [3.8, 4) is 0 Å². The monoisotopic (exact) mass is 400 g/mol. The molecular formula is C26H56S. The van der Waals surface area contributed by atoms with E-state index in [4.69, 9.17) is 0 Å². The minimum Gasteiger partial charge on any atom is -0.180 e. The van der Waals surface area contributed by atoms with Gasteiger partial charge in [0, 0.05) is 0 Å². The summed E-state index contributed by atoms with van der Waals surface area (Å²) in [6.45, 7) is 30.4. The molecule has 0 heterocycles. The Kier molecular flexibility index (Phi) is 75.5. The van der Waals surface area contributed by atoms with Gasteiger partial charge in [-0.2, -0.15) is 12.6 Å². The van der Waals surface area contributed by atoms with Gasteiger partial charge in [0.25, 0.3) is 0 Å². The van der Waals surface area contributed by atoms with Gasteiger partial charge in [-0.1, -0.05) is 124 Å². The lowest BCUT2D eigenvalue weighted by Crippen LogP contribution is -1.77. The van der Waals surface area contributed by atoms with Crippen LogP contribution in [-0.2, 0) is 6.42 Å². The summed E-state index contributed by atoms with van der Waals surface area (Å²) in [4.78, 5) is 0. The van der Waals surface area contributed by atoms with Crippen LogP contribution in [0.3, 0.4) is 0 Å². The second-order valence-electron chi connectivity index (χ2n) is 5.57. The van der Waals surface area contributed by atoms with E-state index in [-0.39, 0.29) is 0 Å². The quantitative estimate of drug-likeness (QED) is 0.370. The van der Waals surface area contributed by atoms with Crippen molar-refractivity contribution in [1.82, 2.24) is 0 Å². The number of allylic oxidation sites excluding steroid dienone is 1. The second-order valence-corrected chi connectivity index (χ2v) is 6.20. The number of benzene rings is 1. The van der Waals surface area contributed by atoms with Crippen molar-refractivity contribution in [2.45, 2.75) is 116 Å². The molecule has 0 unspecified atom stereocenters. The Hall–Kier alpha value is -0.690. The van der Waals surface area contributed by atoms with Crippen LogP contribution in [0.25, 0.3) is 0 Å². The van der Waals surface area contributed by atoms with Crippen LogP contribution in [0.15, 0.2) is 36.4 Å². The summed E-state index contributed by atoms with van der Waals surface area (Å²) in [5.74, 6) is 0.944. The highest BCUT2D eigenvalue weighted by Crippen LogP contribution is 2.02. The first-order valence-corrected chi connectivity index (χ1v) is 11.7. The molecule has 166 valence electrons. The summed E-state index contributed by atoms with van der Waals surface area (Å²) >= 11 is 3.79. The molecule has 0 amide bonds. The summed E-state index contributed by atoms with van der Waals surface area (Å²) in [7, 11) is 0. The first kappa shape index (κ1) is 40.9. The molecule has 0 N–H and O–H groups in total. The van der Waals surface area contributed by atoms with E-state index in [2.05, 4.69) is 85.0 Å². The SMILES string of the molecule is C=C(C)C.CC.CC.CCC.CCCC.CCS.CCc1ccc(C)cc1. The van der Waals surface area contributed by atoms with Crippen LogP contribution in [-0.4, -0.2) is 5.75 Å². The highest BCUT2D eigenvalue weighted by atomic mass is 32.1. The van der Waals surface area contributed by atoms with Gasteiger partial charge < -0.3 is 0 Å². The highest BCUT2D eigenvalue weighted by molar-refractivity contribution is 7.80. The maximum Gasteiger partial charge on any atom is -0.0126 e. The molecule has 1 aromatic carbocycles. The summed E-state index contributed by atoms with van der Waals surface area (Å²) in [6.07, 6.45) is 5.03. The maximum absolute atomic E-state index is 3.79. The van der Waals surface area contributed by atoms with Crippen LogP contribution in [0.5, 0.6) is 0 Å². The topological polar surface area (TPSA) is 0 Å². The molecule has 0 bridgehead atoms. The Morgan fingerprint density at radius 3 is 1.15 bits per heavy atom. The highest BCUT2D eigenvalue weighted by Gasteiger charge is 1.84. The molecular weight excluding hydrogens is 344 g/mol. The average Bonchev–Trinajstić information content (AvgIpc) is 2.67. The van der Waals surface area contributed by atoms with E-state index >= 15 is 0 Å². The Bertz CT molecular complexity index is 290. The molecule has 27 heavy (non-hydrogen) atoms. The van der Waals surface area contributed by atoms with Gasteiger partial charge in [0.1, 0.15) is 0 Å². The zero-order chi connectivity index (χ0) is 23.1. The normalized spacial score (nSPS) is 7.04. The first-order valence-electron chi connectivity index (χ1n) is 11.1. The Balaban J connectivity index is -0.0000000529. The van der Waals surface area contributed by atoms with Crippen molar-refractivity contribution in [3.05, 3.63) is 47.5 Å². The lowest BCUT2D eigenvalue weighted by Gasteiger charge is -1.94. The number of hydrogen-bond donors (Lipinski definition) is 1. The van der Waals surface area contributed by atoms with Crippen molar-refractivity contribution in [2.75, 3.05) is 5.75 Å². The molecule has 0 radical (unpaired) electrons. The van der Waals surface area contributed by atoms with Gasteiger partial charge in [-0.3, -0.25) is 0 Å². The van der Waals surface area contributed by atoms with Crippen LogP contribution >= 0.6 is 12.6 Å². The van der Waals surface area contributed by atoms with Crippen LogP contribution in [0, 0.1) is 6.92 Å². The summed E-state index contributed by atoms with van der Waals surface area (Å²) in [5.41, 5.74) is 3.92. The van der Waals surface area contributed by atoms with E-state index in [9.17, 15) is 0 Å². The lowest BCUT2D eigenvalue weighted by atomic mass is 10.1. The molecule has 0 aliphatic heterocycles. The van der Waals surface area contributed by atoms with Crippen molar-refractivity contribution in [1.29, 1.82) is 0 Å². The van der Waals surface area contributed by atoms with Crippen LogP contribution in [0.1, 0.15) is 113 Å². The molecule has 0 aliphatic rings. The molecule has 0 atom stereocenters. The molecule has 1 heteroatoms. The zero-order valence-corrected chi connectivity index (χ0v) is 22.4. The second kappa shape index (κ2) is 49.9. The van der Waals surface area contributed by atoms with Crippen molar-refractivity contribution in [3.63, 3.8) is 0 Å². The minimum atomic E-state index is 0.944. The summed E-state index contributed by atoms with van der Waals surface area (Å²) in [5, 5.41) is 0. The number of hydrogen-bond acceptors (Lipinski definition) is 1. The van der Waals surface area contributed by atoms with Crippen LogP contribution in [0.4, 0.5) is 0 Å². The number of rotatable bonds is 2. The first-order chi connectivity index (χ1) is 12.8. The number of thiol groups is 1. The number of unbranched alkanes of at least 4 members (excludes halogenated alkanes) is 1. The van der Waals surface area contributed by atoms with Gasteiger partial charge in [0.05, 0.1) is 0 Å². The maximum atomic E-state index is 3.79. The predicted molar refractivity (Wildman–Crippen MR) is 140 cm³/mol. The molecule has 0 fully saturated rings. The van der Waals surface area contributed by atoms with Gasteiger partial charge in [-0.15, -0.1) is 6.58 Å². The van der Waals surface area contributed by atoms with E-state index in [0.717, 1.165) is 12.2 Å². The largest absolute Gasteiger partial charge is 0.180 e. The van der Waals surface area contributed by atoms with Crippen molar-refractivity contribution >= 4 is 12.6 Å². The summed E-state index contributed by atoms with van der Waals surface area (Å²) < 4.78 is 0. The molecule has 0 saturated carbocycles. The van der Waals surface area contributed by atoms with E-state index < -0.39 is 0 Å². The van der Waals surface area contributed by atoms with Crippen LogP contribution < -0.4 is 0 Å². The van der Waals surface area contributed by atoms with E-state index in [1.54, 1.807) is 0 Å². The van der Waals surface area contributed by atoms with Gasteiger partial charge in [-0.25, -0.2) is 0 Å². The fraction of sp³-hybridized carbons (Fsp3) is 0.692. The number of aryl methyl sites for hydroxylation is 2. The Labute approximate surface area is 181 Å². The van der Waals surface area contributed by atoms with E-state index in [1.807, 2.05) is 48.5 Å². The van der Waals surface area contributed by atoms with Gasteiger partial charge in [0.2, 0.25) is 0 Å². The van der Waals surface area contributed by atoms with E-state index in [0.29, 0.717) is 0 Å². The Morgan fingerprint density at radius 1 is 0.778 bits per heavy atom. The summed E-state index contributed by atoms with van der Waals surface area (Å²) in [6, 6.07) is 8.66. The third-order valence-corrected chi connectivity index (χ3v) is 2.03. The van der Waals surface area contributed by atoms with Gasteiger partial charge in [0.15, 0.2) is 0 Å². The fourth-order valence-electron chi connectivity index (χ4n) is 0.824. The smallest absolute Gasteiger partial charge is 0.0126 e. The van der Waals surface area contributed by atoms with Gasteiger partial charge in [-0.05, 0) is 38.5 Å². The Morgan fingerprint density at radius 2 is 1.00 bits per heavy atom. The molecule has 1 aromatic rings. The predicted octanol–water partition coefficient (Wildman–Crippen LogP) is 10.4. The fourth-order valence-corrected chi connectivity index (χ4v) is 0.824. The third kappa shape index (κ3) is 90.8. The van der Waals surface area contributed by atoms with Crippen molar-refractivity contribution in [2.24, 2.45) is 0 Å². The molecule has 0 saturated heterocycles. The average molecular weight is 401 g/mol. The van der Waals surface area contributed by atoms with Gasteiger partial charge >= 0.3 is 0 Å². The van der Waals surface area contributed by atoms with Crippen LogP contribution in [0.2, 0.25) is 0 Å². The molecule has 1 rings (SSSR count). The lowest BCUT2D eigenvalue weighted by molar-refractivity contribution is 0.886. The third-order valence-electron chi connectivity index (χ3n) is 2.03. The molecule has 0 spiro atoms. The molecule has 0 aliphatic carbocycles.